The fourth-order valence-corrected chi connectivity index (χ4v) is 3.93. The van der Waals surface area contributed by atoms with Crippen molar-refractivity contribution in [2.24, 2.45) is 11.8 Å². The van der Waals surface area contributed by atoms with E-state index in [-0.39, 0.29) is 0 Å². The third-order valence-corrected chi connectivity index (χ3v) is 5.01. The molecule has 3 atom stereocenters. The Labute approximate surface area is 99.8 Å². The summed E-state index contributed by atoms with van der Waals surface area (Å²) in [7, 11) is 0. The standard InChI is InChI=1S/C14H26N2/c1-2-16(13-5-6-13)8-7-15-14-10-11-3-4-12(14)9-11/h11-15H,2-10H2,1H3. The van der Waals surface area contributed by atoms with Gasteiger partial charge in [0.1, 0.15) is 0 Å². The number of hydrogen-bond acceptors (Lipinski definition) is 2. The summed E-state index contributed by atoms with van der Waals surface area (Å²) in [5.74, 6) is 2.11. The van der Waals surface area contributed by atoms with Crippen molar-refractivity contribution in [2.45, 2.75) is 57.5 Å². The lowest BCUT2D eigenvalue weighted by molar-refractivity contribution is 0.260. The predicted molar refractivity (Wildman–Crippen MR) is 67.5 cm³/mol. The van der Waals surface area contributed by atoms with Gasteiger partial charge in [0.05, 0.1) is 0 Å². The average Bonchev–Trinajstić information content (AvgIpc) is 2.93. The van der Waals surface area contributed by atoms with Gasteiger partial charge in [-0.25, -0.2) is 0 Å². The van der Waals surface area contributed by atoms with E-state index in [1.807, 2.05) is 0 Å². The monoisotopic (exact) mass is 222 g/mol. The molecule has 16 heavy (non-hydrogen) atoms. The highest BCUT2D eigenvalue weighted by Crippen LogP contribution is 2.44. The maximum absolute atomic E-state index is 3.82. The fourth-order valence-electron chi connectivity index (χ4n) is 3.93. The molecule has 0 aromatic heterocycles. The maximum atomic E-state index is 3.82. The highest BCUT2D eigenvalue weighted by Gasteiger charge is 2.39. The van der Waals surface area contributed by atoms with Crippen molar-refractivity contribution in [1.82, 2.24) is 10.2 Å². The third kappa shape index (κ3) is 2.28. The summed E-state index contributed by atoms with van der Waals surface area (Å²) in [6.07, 6.45) is 8.91. The van der Waals surface area contributed by atoms with Gasteiger partial charge in [-0.05, 0) is 50.5 Å². The zero-order valence-corrected chi connectivity index (χ0v) is 10.6. The van der Waals surface area contributed by atoms with E-state index in [9.17, 15) is 0 Å². The van der Waals surface area contributed by atoms with Gasteiger partial charge in [-0.2, -0.15) is 0 Å². The molecule has 3 rings (SSSR count). The molecule has 0 aromatic carbocycles. The first kappa shape index (κ1) is 11.0. The van der Waals surface area contributed by atoms with Crippen LogP contribution in [0.1, 0.15) is 45.4 Å². The van der Waals surface area contributed by atoms with E-state index in [4.69, 9.17) is 0 Å². The molecule has 2 bridgehead atoms. The van der Waals surface area contributed by atoms with E-state index in [0.717, 1.165) is 23.9 Å². The van der Waals surface area contributed by atoms with Gasteiger partial charge in [-0.3, -0.25) is 4.90 Å². The molecule has 0 radical (unpaired) electrons. The van der Waals surface area contributed by atoms with E-state index in [1.54, 1.807) is 0 Å². The highest BCUT2D eigenvalue weighted by molar-refractivity contribution is 4.94. The lowest BCUT2D eigenvalue weighted by atomic mass is 9.95. The second-order valence-electron chi connectivity index (χ2n) is 6.10. The first-order valence-corrected chi connectivity index (χ1v) is 7.34. The van der Waals surface area contributed by atoms with E-state index >= 15 is 0 Å². The lowest BCUT2D eigenvalue weighted by Crippen LogP contribution is -2.40. The highest BCUT2D eigenvalue weighted by atomic mass is 15.2. The Balaban J connectivity index is 1.37. The van der Waals surface area contributed by atoms with Gasteiger partial charge in [0.15, 0.2) is 0 Å². The SMILES string of the molecule is CCN(CCNC1CC2CCC1C2)C1CC1. The molecule has 2 heteroatoms. The lowest BCUT2D eigenvalue weighted by Gasteiger charge is -2.25. The minimum Gasteiger partial charge on any atom is -0.312 e. The topological polar surface area (TPSA) is 15.3 Å². The Morgan fingerprint density at radius 1 is 1.12 bits per heavy atom. The molecule has 3 unspecified atom stereocenters. The van der Waals surface area contributed by atoms with Crippen molar-refractivity contribution in [2.75, 3.05) is 19.6 Å². The van der Waals surface area contributed by atoms with Crippen molar-refractivity contribution in [3.8, 4) is 0 Å². The minimum atomic E-state index is 0.872. The molecule has 0 saturated heterocycles. The van der Waals surface area contributed by atoms with Crippen LogP contribution in [0.5, 0.6) is 0 Å². The summed E-state index contributed by atoms with van der Waals surface area (Å²) in [6, 6.07) is 1.81. The Morgan fingerprint density at radius 3 is 2.56 bits per heavy atom. The van der Waals surface area contributed by atoms with Crippen LogP contribution in [0.25, 0.3) is 0 Å². The number of nitrogens with one attached hydrogen (secondary N) is 1. The summed E-state index contributed by atoms with van der Waals surface area (Å²) in [4.78, 5) is 2.65. The Morgan fingerprint density at radius 2 is 2.00 bits per heavy atom. The van der Waals surface area contributed by atoms with E-state index in [1.165, 1.54) is 58.2 Å². The zero-order chi connectivity index (χ0) is 11.0. The van der Waals surface area contributed by atoms with Gasteiger partial charge in [-0.1, -0.05) is 13.3 Å². The van der Waals surface area contributed by atoms with Crippen molar-refractivity contribution in [3.63, 3.8) is 0 Å². The van der Waals surface area contributed by atoms with Crippen LogP contribution in [0, 0.1) is 11.8 Å². The molecule has 3 aliphatic carbocycles. The summed E-state index contributed by atoms with van der Waals surface area (Å²) in [5.41, 5.74) is 0. The van der Waals surface area contributed by atoms with Crippen LogP contribution in [-0.2, 0) is 0 Å². The van der Waals surface area contributed by atoms with Gasteiger partial charge in [0.2, 0.25) is 0 Å². The van der Waals surface area contributed by atoms with Gasteiger partial charge in [-0.15, -0.1) is 0 Å². The summed E-state index contributed by atoms with van der Waals surface area (Å²) < 4.78 is 0. The molecule has 3 fully saturated rings. The van der Waals surface area contributed by atoms with Crippen molar-refractivity contribution >= 4 is 0 Å². The molecule has 2 nitrogen and oxygen atoms in total. The van der Waals surface area contributed by atoms with Gasteiger partial charge < -0.3 is 5.32 Å². The summed E-state index contributed by atoms with van der Waals surface area (Å²) in [6.45, 7) is 6.03. The largest absolute Gasteiger partial charge is 0.312 e. The molecule has 1 N–H and O–H groups in total. The van der Waals surface area contributed by atoms with E-state index in [0.29, 0.717) is 0 Å². The summed E-state index contributed by atoms with van der Waals surface area (Å²) in [5, 5.41) is 3.82. The maximum Gasteiger partial charge on any atom is 0.0110 e. The number of fused-ring (bicyclic) bond motifs is 2. The Bertz CT molecular complexity index is 237. The smallest absolute Gasteiger partial charge is 0.0110 e. The number of likely N-dealkylation sites (N-methyl/N-ethyl adjacent to an activating group) is 1. The van der Waals surface area contributed by atoms with Crippen molar-refractivity contribution < 1.29 is 0 Å². The first-order chi connectivity index (χ1) is 7.86. The van der Waals surface area contributed by atoms with Crippen LogP contribution < -0.4 is 5.32 Å². The van der Waals surface area contributed by atoms with Crippen LogP contribution in [0.2, 0.25) is 0 Å². The predicted octanol–water partition coefficient (Wildman–Crippen LogP) is 2.25. The molecular weight excluding hydrogens is 196 g/mol. The van der Waals surface area contributed by atoms with Crippen LogP contribution in [-0.4, -0.2) is 36.6 Å². The molecule has 3 aliphatic rings. The average molecular weight is 222 g/mol. The van der Waals surface area contributed by atoms with Crippen LogP contribution in [0.4, 0.5) is 0 Å². The van der Waals surface area contributed by atoms with E-state index < -0.39 is 0 Å². The van der Waals surface area contributed by atoms with Crippen molar-refractivity contribution in [1.29, 1.82) is 0 Å². The third-order valence-electron chi connectivity index (χ3n) is 5.01. The van der Waals surface area contributed by atoms with Crippen LogP contribution in [0.3, 0.4) is 0 Å². The van der Waals surface area contributed by atoms with Crippen LogP contribution >= 0.6 is 0 Å². The second-order valence-corrected chi connectivity index (χ2v) is 6.10. The zero-order valence-electron chi connectivity index (χ0n) is 10.6. The molecule has 0 heterocycles. The molecule has 3 saturated carbocycles. The van der Waals surface area contributed by atoms with Crippen molar-refractivity contribution in [3.05, 3.63) is 0 Å². The number of nitrogens with zero attached hydrogens (tertiary/aromatic N) is 1. The molecule has 0 aliphatic heterocycles. The normalized spacial score (nSPS) is 37.5. The van der Waals surface area contributed by atoms with Gasteiger partial charge in [0.25, 0.3) is 0 Å². The number of hydrogen-bond donors (Lipinski definition) is 1. The molecule has 0 amide bonds. The fraction of sp³-hybridized carbons (Fsp3) is 1.00. The van der Waals surface area contributed by atoms with Crippen LogP contribution in [0.15, 0.2) is 0 Å². The molecule has 0 aromatic rings. The van der Waals surface area contributed by atoms with Gasteiger partial charge >= 0.3 is 0 Å². The minimum absolute atomic E-state index is 0.872. The Hall–Kier alpha value is -0.0800. The number of rotatable bonds is 6. The summed E-state index contributed by atoms with van der Waals surface area (Å²) >= 11 is 0. The van der Waals surface area contributed by atoms with Gasteiger partial charge in [0, 0.05) is 25.2 Å². The van der Waals surface area contributed by atoms with E-state index in [2.05, 4.69) is 17.1 Å². The first-order valence-electron chi connectivity index (χ1n) is 7.34. The molecule has 0 spiro atoms. The molecular formula is C14H26N2. The molecule has 92 valence electrons. The quantitative estimate of drug-likeness (QED) is 0.741. The Kier molecular flexibility index (Phi) is 3.21. The second kappa shape index (κ2) is 4.66.